The van der Waals surface area contributed by atoms with Crippen molar-refractivity contribution in [3.05, 3.63) is 77.4 Å². The van der Waals surface area contributed by atoms with Gasteiger partial charge in [-0.3, -0.25) is 9.59 Å². The predicted octanol–water partition coefficient (Wildman–Crippen LogP) is 5.10. The van der Waals surface area contributed by atoms with Crippen molar-refractivity contribution >= 4 is 46.6 Å². The molecule has 0 unspecified atom stereocenters. The lowest BCUT2D eigenvalue weighted by Crippen LogP contribution is -2.13. The number of hydrogen-bond donors (Lipinski definition) is 2. The van der Waals surface area contributed by atoms with Crippen molar-refractivity contribution in [1.29, 1.82) is 0 Å². The molecule has 0 fully saturated rings. The molecule has 1 aromatic heterocycles. The molecule has 0 saturated carbocycles. The van der Waals surface area contributed by atoms with Crippen LogP contribution in [0.4, 0.5) is 11.4 Å². The second kappa shape index (κ2) is 8.70. The second-order valence-electron chi connectivity index (χ2n) is 5.60. The zero-order valence-electron chi connectivity index (χ0n) is 14.4. The Hall–Kier alpha value is -2.83. The Morgan fingerprint density at radius 3 is 2.26 bits per heavy atom. The summed E-state index contributed by atoms with van der Waals surface area (Å²) in [4.78, 5) is 28.9. The van der Waals surface area contributed by atoms with E-state index in [4.69, 9.17) is 11.6 Å². The van der Waals surface area contributed by atoms with Gasteiger partial charge in [0.15, 0.2) is 0 Å². The maximum atomic E-state index is 12.7. The van der Waals surface area contributed by atoms with Crippen LogP contribution in [0.15, 0.2) is 76.8 Å². The fourth-order valence-electron chi connectivity index (χ4n) is 2.32. The highest BCUT2D eigenvalue weighted by molar-refractivity contribution is 7.99. The summed E-state index contributed by atoms with van der Waals surface area (Å²) in [7, 11) is 0. The Kier molecular flexibility index (Phi) is 6.11. The van der Waals surface area contributed by atoms with E-state index in [0.717, 1.165) is 4.90 Å². The van der Waals surface area contributed by atoms with Crippen LogP contribution in [0, 0.1) is 0 Å². The first-order valence-electron chi connectivity index (χ1n) is 8.09. The average molecular weight is 398 g/mol. The first kappa shape index (κ1) is 18.9. The van der Waals surface area contributed by atoms with E-state index >= 15 is 0 Å². The summed E-state index contributed by atoms with van der Waals surface area (Å²) in [6.45, 7) is 1.44. The van der Waals surface area contributed by atoms with E-state index in [1.54, 1.807) is 48.7 Å². The fourth-order valence-corrected chi connectivity index (χ4v) is 3.47. The minimum atomic E-state index is -0.273. The molecular formula is C20H16ClN3O2S. The molecule has 5 nitrogen and oxygen atoms in total. The number of rotatable bonds is 5. The molecule has 0 aliphatic heterocycles. The monoisotopic (exact) mass is 397 g/mol. The standard InChI is InChI=1S/C20H16ClN3O2S/c1-13(25)23-14-8-10-15(11-9-14)24-19(26)16-5-4-12-22-20(16)27-18-7-3-2-6-17(18)21/h2-12H,1H3,(H,23,25)(H,24,26). The molecule has 0 saturated heterocycles. The minimum absolute atomic E-state index is 0.150. The maximum Gasteiger partial charge on any atom is 0.258 e. The highest BCUT2D eigenvalue weighted by Gasteiger charge is 2.15. The summed E-state index contributed by atoms with van der Waals surface area (Å²) in [6, 6.07) is 17.7. The molecule has 7 heteroatoms. The highest BCUT2D eigenvalue weighted by atomic mass is 35.5. The summed E-state index contributed by atoms with van der Waals surface area (Å²) < 4.78 is 0. The van der Waals surface area contributed by atoms with Gasteiger partial charge in [-0.1, -0.05) is 35.5 Å². The van der Waals surface area contributed by atoms with Gasteiger partial charge in [0.2, 0.25) is 5.91 Å². The molecule has 3 aromatic rings. The van der Waals surface area contributed by atoms with Gasteiger partial charge in [0.05, 0.1) is 10.6 Å². The molecule has 0 atom stereocenters. The van der Waals surface area contributed by atoms with E-state index in [2.05, 4.69) is 15.6 Å². The van der Waals surface area contributed by atoms with Crippen molar-refractivity contribution in [1.82, 2.24) is 4.98 Å². The lowest BCUT2D eigenvalue weighted by molar-refractivity contribution is -0.114. The largest absolute Gasteiger partial charge is 0.326 e. The topological polar surface area (TPSA) is 71.1 Å². The van der Waals surface area contributed by atoms with Gasteiger partial charge in [-0.25, -0.2) is 4.98 Å². The number of hydrogen-bond acceptors (Lipinski definition) is 4. The molecule has 3 rings (SSSR count). The number of halogens is 1. The van der Waals surface area contributed by atoms with Crippen molar-refractivity contribution in [2.45, 2.75) is 16.8 Å². The Morgan fingerprint density at radius 1 is 0.926 bits per heavy atom. The predicted molar refractivity (Wildman–Crippen MR) is 109 cm³/mol. The van der Waals surface area contributed by atoms with Gasteiger partial charge in [-0.05, 0) is 48.5 Å². The van der Waals surface area contributed by atoms with Crippen molar-refractivity contribution in [3.8, 4) is 0 Å². The number of carbonyl (C=O) groups excluding carboxylic acids is 2. The molecular weight excluding hydrogens is 382 g/mol. The van der Waals surface area contributed by atoms with Crippen molar-refractivity contribution in [2.75, 3.05) is 10.6 Å². The summed E-state index contributed by atoms with van der Waals surface area (Å²) in [5.74, 6) is -0.423. The van der Waals surface area contributed by atoms with Gasteiger partial charge < -0.3 is 10.6 Å². The van der Waals surface area contributed by atoms with Crippen molar-refractivity contribution in [3.63, 3.8) is 0 Å². The molecule has 0 radical (unpaired) electrons. The van der Waals surface area contributed by atoms with E-state index in [-0.39, 0.29) is 11.8 Å². The van der Waals surface area contributed by atoms with E-state index < -0.39 is 0 Å². The molecule has 136 valence electrons. The summed E-state index contributed by atoms with van der Waals surface area (Å²) in [5, 5.41) is 6.70. The Bertz CT molecular complexity index is 977. The molecule has 0 spiro atoms. The molecule has 2 aromatic carbocycles. The number of pyridine rings is 1. The zero-order chi connectivity index (χ0) is 19.2. The van der Waals surface area contributed by atoms with Crippen LogP contribution < -0.4 is 10.6 Å². The van der Waals surface area contributed by atoms with Crippen LogP contribution in [0.1, 0.15) is 17.3 Å². The van der Waals surface area contributed by atoms with Crippen LogP contribution >= 0.6 is 23.4 Å². The lowest BCUT2D eigenvalue weighted by Gasteiger charge is -2.10. The smallest absolute Gasteiger partial charge is 0.258 e. The molecule has 0 aliphatic carbocycles. The van der Waals surface area contributed by atoms with Crippen LogP contribution in [0.5, 0.6) is 0 Å². The molecule has 0 aliphatic rings. The van der Waals surface area contributed by atoms with Gasteiger partial charge in [-0.2, -0.15) is 0 Å². The molecule has 2 amide bonds. The van der Waals surface area contributed by atoms with Gasteiger partial charge >= 0.3 is 0 Å². The average Bonchev–Trinajstić information content (AvgIpc) is 2.65. The number of benzene rings is 2. The first-order chi connectivity index (χ1) is 13.0. The Morgan fingerprint density at radius 2 is 1.59 bits per heavy atom. The Balaban J connectivity index is 1.77. The van der Waals surface area contributed by atoms with E-state index in [9.17, 15) is 9.59 Å². The van der Waals surface area contributed by atoms with Gasteiger partial charge in [-0.15, -0.1) is 0 Å². The maximum absolute atomic E-state index is 12.7. The Labute approximate surface area is 166 Å². The fraction of sp³-hybridized carbons (Fsp3) is 0.0500. The number of carbonyl (C=O) groups is 2. The van der Waals surface area contributed by atoms with E-state index in [0.29, 0.717) is 27.0 Å². The molecule has 2 N–H and O–H groups in total. The van der Waals surface area contributed by atoms with Crippen LogP contribution in [0.3, 0.4) is 0 Å². The number of aromatic nitrogens is 1. The number of amides is 2. The second-order valence-corrected chi connectivity index (χ2v) is 7.04. The summed E-state index contributed by atoms with van der Waals surface area (Å²) >= 11 is 7.55. The lowest BCUT2D eigenvalue weighted by atomic mass is 10.2. The minimum Gasteiger partial charge on any atom is -0.326 e. The highest BCUT2D eigenvalue weighted by Crippen LogP contribution is 2.33. The van der Waals surface area contributed by atoms with Gasteiger partial charge in [0.25, 0.3) is 5.91 Å². The number of anilines is 2. The molecule has 0 bridgehead atoms. The van der Waals surface area contributed by atoms with Crippen molar-refractivity contribution in [2.24, 2.45) is 0 Å². The summed E-state index contributed by atoms with van der Waals surface area (Å²) in [6.07, 6.45) is 1.64. The van der Waals surface area contributed by atoms with Crippen LogP contribution in [0.2, 0.25) is 5.02 Å². The zero-order valence-corrected chi connectivity index (χ0v) is 16.0. The third kappa shape index (κ3) is 5.09. The number of nitrogens with one attached hydrogen (secondary N) is 2. The first-order valence-corrected chi connectivity index (χ1v) is 9.29. The number of nitrogens with zero attached hydrogens (tertiary/aromatic N) is 1. The quantitative estimate of drug-likeness (QED) is 0.628. The third-order valence-electron chi connectivity index (χ3n) is 3.52. The van der Waals surface area contributed by atoms with Crippen LogP contribution in [0.25, 0.3) is 0 Å². The third-order valence-corrected chi connectivity index (χ3v) is 5.06. The normalized spacial score (nSPS) is 10.3. The van der Waals surface area contributed by atoms with Gasteiger partial charge in [0.1, 0.15) is 5.03 Å². The molecule has 27 heavy (non-hydrogen) atoms. The van der Waals surface area contributed by atoms with Crippen LogP contribution in [-0.4, -0.2) is 16.8 Å². The van der Waals surface area contributed by atoms with Gasteiger partial charge in [0, 0.05) is 29.4 Å². The summed E-state index contributed by atoms with van der Waals surface area (Å²) in [5.41, 5.74) is 1.73. The SMILES string of the molecule is CC(=O)Nc1ccc(NC(=O)c2cccnc2Sc2ccccc2Cl)cc1. The van der Waals surface area contributed by atoms with Crippen LogP contribution in [-0.2, 0) is 4.79 Å². The molecule has 1 heterocycles. The van der Waals surface area contributed by atoms with E-state index in [1.165, 1.54) is 18.7 Å². The van der Waals surface area contributed by atoms with Crippen molar-refractivity contribution < 1.29 is 9.59 Å². The van der Waals surface area contributed by atoms with E-state index in [1.807, 2.05) is 18.2 Å².